The predicted molar refractivity (Wildman–Crippen MR) is 428 cm³/mol. The number of nitrogens with one attached hydrogen (secondary N) is 5. The number of aromatic amines is 4. The van der Waals surface area contributed by atoms with Crippen LogP contribution in [-0.2, 0) is 52.2 Å². The van der Waals surface area contributed by atoms with Gasteiger partial charge in [0.05, 0.1) is 90.0 Å². The number of amides is 2. The van der Waals surface area contributed by atoms with Crippen molar-refractivity contribution < 1.29 is 43.8 Å². The molecule has 4 aromatic heterocycles. The van der Waals surface area contributed by atoms with Gasteiger partial charge < -0.3 is 40.2 Å². The van der Waals surface area contributed by atoms with E-state index in [2.05, 4.69) is 147 Å². The molecule has 6 N–H and O–H groups in total. The van der Waals surface area contributed by atoms with Gasteiger partial charge >= 0.3 is 5.97 Å². The first-order valence-corrected chi connectivity index (χ1v) is 34.3. The summed E-state index contributed by atoms with van der Waals surface area (Å²) in [6.45, 7) is 2.60. The van der Waals surface area contributed by atoms with Gasteiger partial charge in [-0.15, -0.1) is 0 Å². The minimum atomic E-state index is -1.00. The molecule has 7 heterocycles. The molecular formula is C82H88FN11O4S4V. The Kier molecular flexibility index (Phi) is 27.2. The van der Waals surface area contributed by atoms with Crippen LogP contribution >= 0.6 is 54.0 Å². The van der Waals surface area contributed by atoms with Crippen LogP contribution in [0.4, 0.5) is 4.39 Å². The maximum Gasteiger partial charge on any atom is 0.307 e. The van der Waals surface area contributed by atoms with E-state index >= 15 is 0 Å². The molecule has 21 heteroatoms. The summed E-state index contributed by atoms with van der Waals surface area (Å²) >= 11 is 0. The average Bonchev–Trinajstić information content (AvgIpc) is 1.60. The minimum Gasteiger partial charge on any atom is -0.481 e. The van der Waals surface area contributed by atoms with E-state index in [1.165, 1.54) is 60.2 Å². The summed E-state index contributed by atoms with van der Waals surface area (Å²) < 4.78 is 15.5. The molecule has 0 spiro atoms. The number of fused-ring (bicyclic) bond motifs is 4. The number of aromatic nitrogens is 8. The fourth-order valence-corrected chi connectivity index (χ4v) is 14.6. The monoisotopic (exact) mass is 1490 g/mol. The number of carbonyl (C=O) groups is 3. The number of likely N-dealkylation sites (tertiary alicyclic amines) is 2. The summed E-state index contributed by atoms with van der Waals surface area (Å²) in [6, 6.07) is 72.6. The van der Waals surface area contributed by atoms with Crippen LogP contribution in [0, 0.1) is 0 Å². The third kappa shape index (κ3) is 18.4. The first kappa shape index (κ1) is 76.8. The molecule has 4 aliphatic rings. The largest absolute Gasteiger partial charge is 0.481 e. The summed E-state index contributed by atoms with van der Waals surface area (Å²) in [5.74, 6) is 4.06. The molecule has 531 valence electrons. The zero-order valence-electron chi connectivity index (χ0n) is 58.2. The minimum absolute atomic E-state index is 0. The number of rotatable bonds is 14. The second-order valence-electron chi connectivity index (χ2n) is 26.1. The summed E-state index contributed by atoms with van der Waals surface area (Å²) in [5, 5.41) is 11.9. The molecule has 2 amide bonds. The summed E-state index contributed by atoms with van der Waals surface area (Å²) in [7, 11) is -1.00. The van der Waals surface area contributed by atoms with E-state index in [9.17, 15) is 18.8 Å². The second kappa shape index (κ2) is 36.5. The molecule has 103 heavy (non-hydrogen) atoms. The SMILES string of the molecule is O=C(Cc1ccccc1)N1CCC[C@H]1c1nc2ccc(-c3ccc(-c4ccc5nc([C@@H]6CCCN6C(=O)Cc6ccccc6)[nH]c5c4)cc3)cc2[nH]1.O=C(O)Cc1ccccc1.S.S.S.S.[2H]CF.[V].c1cc(-c2ccc3nc([C@@H]4CCCN4)[nH]c3c2)ccc1-c1ccc2nc(C3CCCC3)[nH]c2c1. The molecule has 4 fully saturated rings. The fraction of sp³-hybridized carbons (Fsp3) is 0.256. The van der Waals surface area contributed by atoms with Crippen molar-refractivity contribution >= 4 is 116 Å². The van der Waals surface area contributed by atoms with Crippen LogP contribution in [0.15, 0.2) is 212 Å². The van der Waals surface area contributed by atoms with Crippen LogP contribution < -0.4 is 5.32 Å². The second-order valence-corrected chi connectivity index (χ2v) is 26.1. The van der Waals surface area contributed by atoms with E-state index in [0.29, 0.717) is 24.8 Å². The summed E-state index contributed by atoms with van der Waals surface area (Å²) in [6.07, 6.45) is 12.2. The number of aliphatic carboxylic acids is 1. The number of hydrogen-bond donors (Lipinski definition) is 6. The van der Waals surface area contributed by atoms with E-state index < -0.39 is 13.1 Å². The van der Waals surface area contributed by atoms with Gasteiger partial charge in [0.2, 0.25) is 11.8 Å². The molecule has 1 radical (unpaired) electrons. The Bertz CT molecular complexity index is 4660. The van der Waals surface area contributed by atoms with E-state index in [0.717, 1.165) is 152 Å². The van der Waals surface area contributed by atoms with Gasteiger partial charge in [0.25, 0.3) is 0 Å². The smallest absolute Gasteiger partial charge is 0.307 e. The van der Waals surface area contributed by atoms with Crippen molar-refractivity contribution in [1.82, 2.24) is 55.0 Å². The number of imidazole rings is 4. The molecule has 1 saturated carbocycles. The predicted octanol–water partition coefficient (Wildman–Crippen LogP) is 17.8. The number of halogens is 1. The molecule has 3 atom stereocenters. The van der Waals surface area contributed by atoms with Crippen molar-refractivity contribution in [3.8, 4) is 44.5 Å². The maximum atomic E-state index is 13.3. The van der Waals surface area contributed by atoms with E-state index in [1.807, 2.05) is 88.7 Å². The van der Waals surface area contributed by atoms with Gasteiger partial charge in [0.1, 0.15) is 23.3 Å². The Hall–Kier alpha value is -8.86. The van der Waals surface area contributed by atoms with Crippen LogP contribution in [0.1, 0.15) is 130 Å². The fourth-order valence-electron chi connectivity index (χ4n) is 14.6. The van der Waals surface area contributed by atoms with Crippen molar-refractivity contribution in [2.45, 2.75) is 108 Å². The van der Waals surface area contributed by atoms with Crippen molar-refractivity contribution in [2.24, 2.45) is 0 Å². The number of hydrogen-bond acceptors (Lipinski definition) is 8. The van der Waals surface area contributed by atoms with E-state index in [1.54, 1.807) is 12.1 Å². The number of H-pyrrole nitrogens is 4. The van der Waals surface area contributed by atoms with Gasteiger partial charge in [-0.25, -0.2) is 19.9 Å². The maximum absolute atomic E-state index is 13.3. The molecule has 0 bridgehead atoms. The molecule has 15 nitrogen and oxygen atoms in total. The van der Waals surface area contributed by atoms with Gasteiger partial charge in [-0.1, -0.05) is 177 Å². The molecule has 1 aliphatic carbocycles. The van der Waals surface area contributed by atoms with Crippen LogP contribution in [0.3, 0.4) is 0 Å². The zero-order chi connectivity index (χ0) is 67.6. The third-order valence-corrected chi connectivity index (χ3v) is 19.6. The Morgan fingerprint density at radius 1 is 0.417 bits per heavy atom. The number of carboxylic acids is 1. The van der Waals surface area contributed by atoms with Crippen LogP contribution in [0.25, 0.3) is 88.6 Å². The molecule has 3 saturated heterocycles. The quantitative estimate of drug-likeness (QED) is 0.0612. The Morgan fingerprint density at radius 3 is 1.09 bits per heavy atom. The van der Waals surface area contributed by atoms with Gasteiger partial charge in [-0.2, -0.15) is 54.0 Å². The van der Waals surface area contributed by atoms with Gasteiger partial charge in [0, 0.05) is 37.6 Å². The summed E-state index contributed by atoms with van der Waals surface area (Å²) in [5.41, 5.74) is 20.3. The number of nitrogens with zero attached hydrogens (tertiary/aromatic N) is 6. The number of carboxylic acid groups (broad SMARTS) is 1. The Labute approximate surface area is 641 Å². The van der Waals surface area contributed by atoms with Crippen LogP contribution in [0.2, 0.25) is 0 Å². The normalized spacial score (nSPS) is 16.1. The number of carbonyl (C=O) groups excluding carboxylic acids is 2. The molecule has 0 unspecified atom stereocenters. The first-order valence-electron chi connectivity index (χ1n) is 35.0. The number of benzene rings is 9. The van der Waals surface area contributed by atoms with Crippen molar-refractivity contribution in [2.75, 3.05) is 26.8 Å². The van der Waals surface area contributed by atoms with Crippen molar-refractivity contribution in [3.05, 3.63) is 252 Å². The number of alkyl halides is 1. The van der Waals surface area contributed by atoms with Crippen molar-refractivity contribution in [3.63, 3.8) is 0 Å². The summed E-state index contributed by atoms with van der Waals surface area (Å²) in [4.78, 5) is 74.4. The molecule has 9 aromatic carbocycles. The van der Waals surface area contributed by atoms with Gasteiger partial charge in [0.15, 0.2) is 0 Å². The molecule has 13 aromatic rings. The standard InChI is InChI=1S/C44H40N6O2.C29H29N5.C8H8O2.CH3F.4H2S.V/c51-41(25-29-9-3-1-4-10-29)49-23-7-13-39(49)43-45-35-21-19-33(27-37(35)47-43)31-15-17-32(18-16-31)34-20-22-36-38(28-34)48-44(46-36)40-14-8-24-50(40)42(52)26-30-11-5-2-6-12-30;1-2-5-20(4-1)28-31-23-13-11-21(16-26(23)33-28)18-7-9-19(10-8-18)22-12-14-24-27(17-22)34-29(32-24)25-6-3-15-30-25;9-8(10)6-7-4-2-1-3-5-7;1-2;;;;;/h1-6,9-12,15-22,27-28,39-40H,7-8,13-14,23-26H2,(H,45,47)(H,46,48);7-14,16-17,20,25,30H,1-6,15H2,(H,31,33)(H,32,34);1-5H,6H2,(H,9,10);1H3;4*1H2;/t39-,40-;25-;;;;;;;/m00......./s1/i;;;1D;;;;;. The van der Waals surface area contributed by atoms with Crippen LogP contribution in [0.5, 0.6) is 0 Å². The Morgan fingerprint density at radius 2 is 0.738 bits per heavy atom. The zero-order valence-corrected chi connectivity index (χ0v) is 62.6. The van der Waals surface area contributed by atoms with E-state index in [4.69, 9.17) is 26.4 Å². The first-order chi connectivity index (χ1) is 48.6. The molecular weight excluding hydrogens is 1400 g/mol. The van der Waals surface area contributed by atoms with Crippen LogP contribution in [-0.4, -0.2) is 99.3 Å². The van der Waals surface area contributed by atoms with Gasteiger partial charge in [-0.3, -0.25) is 18.8 Å². The third-order valence-electron chi connectivity index (χ3n) is 19.6. The van der Waals surface area contributed by atoms with Crippen molar-refractivity contribution in [1.29, 1.82) is 0 Å². The Balaban J connectivity index is 0.000000207. The molecule has 17 rings (SSSR count). The molecule has 3 aliphatic heterocycles. The van der Waals surface area contributed by atoms with E-state index in [-0.39, 0.29) is 103 Å². The average molecular weight is 1490 g/mol. The van der Waals surface area contributed by atoms with Gasteiger partial charge in [-0.05, 0) is 168 Å². The topological polar surface area (TPSA) is 205 Å².